The van der Waals surface area contributed by atoms with E-state index in [4.69, 9.17) is 4.74 Å². The van der Waals surface area contributed by atoms with Crippen LogP contribution in [-0.4, -0.2) is 28.7 Å². The van der Waals surface area contributed by atoms with Gasteiger partial charge in [0.05, 0.1) is 19.0 Å². The van der Waals surface area contributed by atoms with Gasteiger partial charge in [-0.1, -0.05) is 24.3 Å². The molecule has 1 heterocycles. The molecule has 3 aromatic carbocycles. The first-order chi connectivity index (χ1) is 15.5. The number of ether oxygens (including phenoxy) is 1. The predicted molar refractivity (Wildman–Crippen MR) is 119 cm³/mol. The van der Waals surface area contributed by atoms with Crippen LogP contribution in [0.3, 0.4) is 0 Å². The van der Waals surface area contributed by atoms with Crippen molar-refractivity contribution in [3.63, 3.8) is 0 Å². The third-order valence-electron chi connectivity index (χ3n) is 4.68. The maximum absolute atomic E-state index is 13.6. The summed E-state index contributed by atoms with van der Waals surface area (Å²) >= 11 is 0. The van der Waals surface area contributed by atoms with Gasteiger partial charge in [-0.2, -0.15) is 5.10 Å². The summed E-state index contributed by atoms with van der Waals surface area (Å²) in [6, 6.07) is 21.2. The SMILES string of the molecule is COc1ccc(NC(=O)c2cnn(-c3ccccc3)c2NC(=O)c2cccc(F)c2)cc1. The average Bonchev–Trinajstić information content (AvgIpc) is 3.23. The number of halogens is 1. The molecule has 160 valence electrons. The van der Waals surface area contributed by atoms with Crippen LogP contribution in [0.15, 0.2) is 85.1 Å². The summed E-state index contributed by atoms with van der Waals surface area (Å²) < 4.78 is 20.2. The Bertz CT molecular complexity index is 1250. The van der Waals surface area contributed by atoms with Crippen LogP contribution in [0.4, 0.5) is 15.9 Å². The number of hydrogen-bond donors (Lipinski definition) is 2. The van der Waals surface area contributed by atoms with E-state index in [1.807, 2.05) is 18.2 Å². The molecular formula is C24H19FN4O3. The lowest BCUT2D eigenvalue weighted by molar-refractivity contribution is 0.102. The quantitative estimate of drug-likeness (QED) is 0.471. The third kappa shape index (κ3) is 4.49. The van der Waals surface area contributed by atoms with Crippen LogP contribution < -0.4 is 15.4 Å². The third-order valence-corrected chi connectivity index (χ3v) is 4.68. The smallest absolute Gasteiger partial charge is 0.261 e. The summed E-state index contributed by atoms with van der Waals surface area (Å²) in [7, 11) is 1.55. The second-order valence-electron chi connectivity index (χ2n) is 6.80. The molecule has 4 rings (SSSR count). The van der Waals surface area contributed by atoms with Gasteiger partial charge in [-0.05, 0) is 54.6 Å². The molecule has 0 aliphatic carbocycles. The number of rotatable bonds is 6. The molecule has 0 saturated heterocycles. The van der Waals surface area contributed by atoms with E-state index in [1.54, 1.807) is 43.5 Å². The Balaban J connectivity index is 1.68. The number of nitrogens with zero attached hydrogens (tertiary/aromatic N) is 2. The summed E-state index contributed by atoms with van der Waals surface area (Å²) in [6.45, 7) is 0. The highest BCUT2D eigenvalue weighted by molar-refractivity contribution is 6.12. The van der Waals surface area contributed by atoms with Gasteiger partial charge < -0.3 is 15.4 Å². The number of benzene rings is 3. The molecule has 0 saturated carbocycles. The minimum atomic E-state index is -0.569. The van der Waals surface area contributed by atoms with E-state index in [0.717, 1.165) is 6.07 Å². The molecule has 1 aromatic heterocycles. The van der Waals surface area contributed by atoms with Gasteiger partial charge in [-0.3, -0.25) is 9.59 Å². The lowest BCUT2D eigenvalue weighted by Gasteiger charge is -2.12. The first kappa shape index (κ1) is 20.8. The molecule has 8 heteroatoms. The van der Waals surface area contributed by atoms with Gasteiger partial charge in [0.1, 0.15) is 22.9 Å². The van der Waals surface area contributed by atoms with Gasteiger partial charge in [0, 0.05) is 11.3 Å². The van der Waals surface area contributed by atoms with E-state index >= 15 is 0 Å². The van der Waals surface area contributed by atoms with Gasteiger partial charge in [0.2, 0.25) is 0 Å². The van der Waals surface area contributed by atoms with Crippen LogP contribution in [0.5, 0.6) is 5.75 Å². The van der Waals surface area contributed by atoms with Crippen molar-refractivity contribution in [1.29, 1.82) is 0 Å². The number of carbonyl (C=O) groups excluding carboxylic acids is 2. The Morgan fingerprint density at radius 2 is 1.66 bits per heavy atom. The Labute approximate surface area is 183 Å². The number of anilines is 2. The lowest BCUT2D eigenvalue weighted by atomic mass is 10.2. The molecule has 0 fully saturated rings. The highest BCUT2D eigenvalue weighted by atomic mass is 19.1. The molecular weight excluding hydrogens is 411 g/mol. The molecule has 2 N–H and O–H groups in total. The number of nitrogens with one attached hydrogen (secondary N) is 2. The monoisotopic (exact) mass is 430 g/mol. The maximum atomic E-state index is 13.6. The standard InChI is InChI=1S/C24H19FN4O3/c1-32-20-12-10-18(11-13-20)27-24(31)21-15-26-29(19-8-3-2-4-9-19)22(21)28-23(30)16-6-5-7-17(25)14-16/h2-15H,1H3,(H,27,31)(H,28,30). The van der Waals surface area contributed by atoms with Crippen LogP contribution in [0.25, 0.3) is 5.69 Å². The summed E-state index contributed by atoms with van der Waals surface area (Å²) in [6.07, 6.45) is 1.37. The number of hydrogen-bond acceptors (Lipinski definition) is 4. The molecule has 0 unspecified atom stereocenters. The first-order valence-corrected chi connectivity index (χ1v) is 9.71. The fourth-order valence-electron chi connectivity index (χ4n) is 3.08. The van der Waals surface area contributed by atoms with Crippen molar-refractivity contribution in [3.05, 3.63) is 102 Å². The van der Waals surface area contributed by atoms with Gasteiger partial charge in [-0.15, -0.1) is 0 Å². The van der Waals surface area contributed by atoms with Crippen molar-refractivity contribution in [2.75, 3.05) is 17.7 Å². The molecule has 0 bridgehead atoms. The van der Waals surface area contributed by atoms with Crippen molar-refractivity contribution in [3.8, 4) is 11.4 Å². The van der Waals surface area contributed by atoms with E-state index in [2.05, 4.69) is 15.7 Å². The highest BCUT2D eigenvalue weighted by Crippen LogP contribution is 2.23. The highest BCUT2D eigenvalue weighted by Gasteiger charge is 2.21. The fourth-order valence-corrected chi connectivity index (χ4v) is 3.08. The minimum absolute atomic E-state index is 0.118. The lowest BCUT2D eigenvalue weighted by Crippen LogP contribution is -2.19. The number of methoxy groups -OCH3 is 1. The molecule has 7 nitrogen and oxygen atoms in total. The number of amides is 2. The molecule has 0 spiro atoms. The average molecular weight is 430 g/mol. The van der Waals surface area contributed by atoms with Gasteiger partial charge in [0.15, 0.2) is 0 Å². The molecule has 0 radical (unpaired) electrons. The summed E-state index contributed by atoms with van der Waals surface area (Å²) in [5.74, 6) is -0.751. The van der Waals surface area contributed by atoms with Crippen molar-refractivity contribution in [2.24, 2.45) is 0 Å². The Kier molecular flexibility index (Phi) is 5.94. The molecule has 0 aliphatic heterocycles. The second-order valence-corrected chi connectivity index (χ2v) is 6.80. The van der Waals surface area contributed by atoms with Crippen molar-refractivity contribution in [1.82, 2.24) is 9.78 Å². The molecule has 2 amide bonds. The van der Waals surface area contributed by atoms with Gasteiger partial charge >= 0.3 is 0 Å². The van der Waals surface area contributed by atoms with E-state index in [1.165, 1.54) is 29.1 Å². The zero-order valence-electron chi connectivity index (χ0n) is 17.1. The Morgan fingerprint density at radius 1 is 0.906 bits per heavy atom. The zero-order valence-corrected chi connectivity index (χ0v) is 17.1. The molecule has 4 aromatic rings. The molecule has 32 heavy (non-hydrogen) atoms. The summed E-state index contributed by atoms with van der Waals surface area (Å²) in [5, 5.41) is 9.77. The second kappa shape index (κ2) is 9.13. The predicted octanol–water partition coefficient (Wildman–Crippen LogP) is 4.52. The van der Waals surface area contributed by atoms with Crippen molar-refractivity contribution in [2.45, 2.75) is 0 Å². The van der Waals surface area contributed by atoms with Crippen LogP contribution in [-0.2, 0) is 0 Å². The largest absolute Gasteiger partial charge is 0.497 e. The van der Waals surface area contributed by atoms with Crippen LogP contribution >= 0.6 is 0 Å². The van der Waals surface area contributed by atoms with Crippen LogP contribution in [0, 0.1) is 5.82 Å². The van der Waals surface area contributed by atoms with E-state index in [9.17, 15) is 14.0 Å². The van der Waals surface area contributed by atoms with E-state index < -0.39 is 17.6 Å². The molecule has 0 aliphatic rings. The van der Waals surface area contributed by atoms with Gasteiger partial charge in [0.25, 0.3) is 11.8 Å². The Hall–Kier alpha value is -4.46. The molecule has 0 atom stereocenters. The van der Waals surface area contributed by atoms with Crippen LogP contribution in [0.2, 0.25) is 0 Å². The summed E-state index contributed by atoms with van der Waals surface area (Å²) in [5.41, 5.74) is 1.46. The number of carbonyl (C=O) groups is 2. The first-order valence-electron chi connectivity index (χ1n) is 9.71. The van der Waals surface area contributed by atoms with Gasteiger partial charge in [-0.25, -0.2) is 9.07 Å². The van der Waals surface area contributed by atoms with Crippen LogP contribution in [0.1, 0.15) is 20.7 Å². The van der Waals surface area contributed by atoms with Crippen molar-refractivity contribution >= 4 is 23.3 Å². The normalized spacial score (nSPS) is 10.4. The fraction of sp³-hybridized carbons (Fsp3) is 0.0417. The number of para-hydroxylation sites is 1. The van der Waals surface area contributed by atoms with E-state index in [-0.39, 0.29) is 16.9 Å². The zero-order chi connectivity index (χ0) is 22.5. The van der Waals surface area contributed by atoms with E-state index in [0.29, 0.717) is 17.1 Å². The minimum Gasteiger partial charge on any atom is -0.497 e. The maximum Gasteiger partial charge on any atom is 0.261 e. The number of aromatic nitrogens is 2. The van der Waals surface area contributed by atoms with Crippen molar-refractivity contribution < 1.29 is 18.7 Å². The summed E-state index contributed by atoms with van der Waals surface area (Å²) in [4.78, 5) is 25.8. The topological polar surface area (TPSA) is 85.2 Å². The Morgan fingerprint density at radius 3 is 2.34 bits per heavy atom.